The molecule has 0 fully saturated rings. The molecule has 0 saturated heterocycles. The van der Waals surface area contributed by atoms with Crippen molar-refractivity contribution in [2.45, 2.75) is 60.5 Å². The highest BCUT2D eigenvalue weighted by atomic mass is 16.7. The maximum Gasteiger partial charge on any atom is 0.176 e. The average Bonchev–Trinajstić information content (AvgIpc) is 3.23. The minimum Gasteiger partial charge on any atom is -0.490 e. The van der Waals surface area contributed by atoms with Crippen molar-refractivity contribution < 1.29 is 19.8 Å². The summed E-state index contributed by atoms with van der Waals surface area (Å²) in [6.45, 7) is 12.5. The van der Waals surface area contributed by atoms with Gasteiger partial charge >= 0.3 is 0 Å². The number of aliphatic hydroxyl groups excluding tert-OH is 2. The number of hydrazine groups is 1. The molecule has 0 bridgehead atoms. The average molecular weight is 456 g/mol. The van der Waals surface area contributed by atoms with E-state index in [0.717, 1.165) is 35.2 Å². The normalized spacial score (nSPS) is 14.6. The van der Waals surface area contributed by atoms with Gasteiger partial charge in [0.1, 0.15) is 18.5 Å². The Morgan fingerprint density at radius 1 is 1.06 bits per heavy atom. The van der Waals surface area contributed by atoms with Crippen LogP contribution in [0.4, 0.5) is 5.69 Å². The molecule has 0 aliphatic carbocycles. The molecule has 0 spiro atoms. The number of hydrogen-bond donors (Lipinski definition) is 3. The van der Waals surface area contributed by atoms with Crippen molar-refractivity contribution in [2.75, 3.05) is 18.2 Å². The summed E-state index contributed by atoms with van der Waals surface area (Å²) in [5.41, 5.74) is 9.11. The number of benzene rings is 1. The molecule has 1 aliphatic heterocycles. The zero-order valence-corrected chi connectivity index (χ0v) is 20.6. The number of aliphatic hydroxyl groups is 2. The Bertz CT molecular complexity index is 964. The Morgan fingerprint density at radius 2 is 1.73 bits per heavy atom. The quantitative estimate of drug-likeness (QED) is 0.498. The number of aromatic nitrogens is 1. The summed E-state index contributed by atoms with van der Waals surface area (Å²) in [5, 5.41) is 20.4. The third-order valence-electron chi connectivity index (χ3n) is 5.43. The van der Waals surface area contributed by atoms with Crippen LogP contribution in [0, 0.1) is 25.7 Å². The molecule has 7 nitrogen and oxygen atoms in total. The minimum absolute atomic E-state index is 0.0468. The summed E-state index contributed by atoms with van der Waals surface area (Å²) in [5.74, 6) is 2.52. The molecular formula is C26H37N3O4. The molecule has 180 valence electrons. The van der Waals surface area contributed by atoms with Crippen molar-refractivity contribution in [3.63, 3.8) is 0 Å². The summed E-state index contributed by atoms with van der Waals surface area (Å²) in [4.78, 5) is 10.6. The van der Waals surface area contributed by atoms with Gasteiger partial charge in [0.2, 0.25) is 0 Å². The van der Waals surface area contributed by atoms with Crippen molar-refractivity contribution in [1.29, 1.82) is 0 Å². The molecule has 3 N–H and O–H groups in total. The van der Waals surface area contributed by atoms with E-state index in [9.17, 15) is 5.11 Å². The zero-order chi connectivity index (χ0) is 24.1. The lowest BCUT2D eigenvalue weighted by Gasteiger charge is -2.19. The fourth-order valence-corrected chi connectivity index (χ4v) is 3.92. The Hall–Kier alpha value is -2.61. The van der Waals surface area contributed by atoms with E-state index in [-0.39, 0.29) is 13.2 Å². The monoisotopic (exact) mass is 455 g/mol. The van der Waals surface area contributed by atoms with E-state index in [1.54, 1.807) is 0 Å². The van der Waals surface area contributed by atoms with Gasteiger partial charge in [-0.25, -0.2) is 5.01 Å². The summed E-state index contributed by atoms with van der Waals surface area (Å²) < 4.78 is 5.71. The Balaban J connectivity index is 1.82. The number of aryl methyl sites for hydroxylation is 2. The third kappa shape index (κ3) is 6.47. The number of pyridine rings is 1. The molecule has 2 heterocycles. The van der Waals surface area contributed by atoms with Crippen LogP contribution in [0.25, 0.3) is 5.76 Å². The molecule has 1 aromatic heterocycles. The summed E-state index contributed by atoms with van der Waals surface area (Å²) in [6, 6.07) is 6.16. The predicted octanol–water partition coefficient (Wildman–Crippen LogP) is 4.08. The minimum atomic E-state index is -0.899. The van der Waals surface area contributed by atoms with Gasteiger partial charge in [0, 0.05) is 17.5 Å². The number of nitrogens with one attached hydrogen (secondary N) is 1. The first kappa shape index (κ1) is 25.0. The van der Waals surface area contributed by atoms with Crippen LogP contribution in [0.1, 0.15) is 55.6 Å². The summed E-state index contributed by atoms with van der Waals surface area (Å²) >= 11 is 0. The van der Waals surface area contributed by atoms with E-state index in [4.69, 9.17) is 19.7 Å². The van der Waals surface area contributed by atoms with E-state index in [0.29, 0.717) is 23.3 Å². The van der Waals surface area contributed by atoms with Gasteiger partial charge in [0.05, 0.1) is 18.5 Å². The molecule has 7 heteroatoms. The van der Waals surface area contributed by atoms with Gasteiger partial charge < -0.3 is 19.8 Å². The molecule has 3 rings (SSSR count). The zero-order valence-electron chi connectivity index (χ0n) is 20.6. The number of hydrogen-bond acceptors (Lipinski definition) is 7. The van der Waals surface area contributed by atoms with Gasteiger partial charge in [-0.2, -0.15) is 0 Å². The van der Waals surface area contributed by atoms with Crippen molar-refractivity contribution in [2.24, 2.45) is 11.8 Å². The highest BCUT2D eigenvalue weighted by molar-refractivity contribution is 5.67. The van der Waals surface area contributed by atoms with Crippen LogP contribution in [-0.4, -0.2) is 34.5 Å². The van der Waals surface area contributed by atoms with Gasteiger partial charge in [0.15, 0.2) is 5.76 Å². The number of nitrogens with zero attached hydrogens (tertiary/aromatic N) is 2. The SMILES string of the molecule is Cc1cc(N2C=C(c3cnc(CC(C)C)c(CC(C)C)c3)ON2)cc(C)c1OCC(O)CO. The molecule has 2 aromatic rings. The number of ether oxygens (including phenoxy) is 1. The van der Waals surface area contributed by atoms with E-state index in [1.807, 2.05) is 43.4 Å². The van der Waals surface area contributed by atoms with Crippen molar-refractivity contribution in [1.82, 2.24) is 10.6 Å². The lowest BCUT2D eigenvalue weighted by molar-refractivity contribution is 0.0532. The Morgan fingerprint density at radius 3 is 2.33 bits per heavy atom. The highest BCUT2D eigenvalue weighted by Gasteiger charge is 2.21. The van der Waals surface area contributed by atoms with Crippen LogP contribution in [-0.2, 0) is 17.7 Å². The van der Waals surface area contributed by atoms with E-state index in [1.165, 1.54) is 11.3 Å². The lowest BCUT2D eigenvalue weighted by Crippen LogP contribution is -2.27. The van der Waals surface area contributed by atoms with Crippen LogP contribution in [0.15, 0.2) is 30.6 Å². The smallest absolute Gasteiger partial charge is 0.176 e. The fraction of sp³-hybridized carbons (Fsp3) is 0.500. The second kappa shape index (κ2) is 11.0. The lowest BCUT2D eigenvalue weighted by atomic mass is 9.95. The topological polar surface area (TPSA) is 87.1 Å². The molecule has 1 aromatic carbocycles. The summed E-state index contributed by atoms with van der Waals surface area (Å²) in [7, 11) is 0. The van der Waals surface area contributed by atoms with E-state index < -0.39 is 6.10 Å². The van der Waals surface area contributed by atoms with Crippen LogP contribution in [0.3, 0.4) is 0 Å². The first-order chi connectivity index (χ1) is 15.7. The Labute approximate surface area is 197 Å². The van der Waals surface area contributed by atoms with Crippen molar-refractivity contribution >= 4 is 11.4 Å². The molecular weight excluding hydrogens is 418 g/mol. The molecule has 33 heavy (non-hydrogen) atoms. The van der Waals surface area contributed by atoms with E-state index >= 15 is 0 Å². The van der Waals surface area contributed by atoms with Gasteiger partial charge in [-0.05, 0) is 73.4 Å². The molecule has 0 radical (unpaired) electrons. The molecule has 1 unspecified atom stereocenters. The first-order valence-corrected chi connectivity index (χ1v) is 11.6. The van der Waals surface area contributed by atoms with Gasteiger partial charge in [0.25, 0.3) is 0 Å². The van der Waals surface area contributed by atoms with E-state index in [2.05, 4.69) is 39.4 Å². The van der Waals surface area contributed by atoms with Crippen molar-refractivity contribution in [3.8, 4) is 5.75 Å². The molecule has 0 amide bonds. The second-order valence-corrected chi connectivity index (χ2v) is 9.64. The fourth-order valence-electron chi connectivity index (χ4n) is 3.92. The highest BCUT2D eigenvalue weighted by Crippen LogP contribution is 2.32. The first-order valence-electron chi connectivity index (χ1n) is 11.6. The maximum absolute atomic E-state index is 9.57. The Kier molecular flexibility index (Phi) is 8.35. The largest absolute Gasteiger partial charge is 0.490 e. The molecule has 0 saturated carbocycles. The summed E-state index contributed by atoms with van der Waals surface area (Å²) in [6.07, 6.45) is 4.86. The molecule has 1 atom stereocenters. The standard InChI is InChI=1S/C26H37N3O4/c1-16(2)7-20-11-21(12-27-24(20)8-17(3)4)25-13-29(28-33-25)22-9-18(5)26(19(6)10-22)32-15-23(31)14-30/h9-13,16-17,23,28,30-31H,7-8,14-15H2,1-6H3. The van der Waals surface area contributed by atoms with Gasteiger partial charge in [-0.15, -0.1) is 0 Å². The predicted molar refractivity (Wildman–Crippen MR) is 131 cm³/mol. The van der Waals surface area contributed by atoms with Crippen LogP contribution < -0.4 is 15.3 Å². The van der Waals surface area contributed by atoms with Crippen LogP contribution in [0.5, 0.6) is 5.75 Å². The maximum atomic E-state index is 9.57. The number of rotatable bonds is 10. The van der Waals surface area contributed by atoms with Crippen molar-refractivity contribution in [3.05, 3.63) is 58.5 Å². The number of anilines is 1. The van der Waals surface area contributed by atoms with Crippen LogP contribution in [0.2, 0.25) is 0 Å². The van der Waals surface area contributed by atoms with Gasteiger partial charge in [-0.3, -0.25) is 4.98 Å². The molecule has 1 aliphatic rings. The third-order valence-corrected chi connectivity index (χ3v) is 5.43. The van der Waals surface area contributed by atoms with Gasteiger partial charge in [-0.1, -0.05) is 33.3 Å². The second-order valence-electron chi connectivity index (χ2n) is 9.64. The van der Waals surface area contributed by atoms with Crippen LogP contribution >= 0.6 is 0 Å².